The number of nitrogens with one attached hydrogen (secondary N) is 1. The van der Waals surface area contributed by atoms with Crippen LogP contribution in [0.5, 0.6) is 0 Å². The number of ether oxygens (including phenoxy) is 1. The number of aryl methyl sites for hydroxylation is 1. The predicted octanol–water partition coefficient (Wildman–Crippen LogP) is 2.10. The number of nitrogens with two attached hydrogens (primary N) is 1. The van der Waals surface area contributed by atoms with Gasteiger partial charge in [-0.15, -0.1) is 23.7 Å². The van der Waals surface area contributed by atoms with Crippen LogP contribution in [0.1, 0.15) is 29.5 Å². The fourth-order valence-corrected chi connectivity index (χ4v) is 3.19. The molecule has 0 spiro atoms. The second-order valence-corrected chi connectivity index (χ2v) is 6.17. The van der Waals surface area contributed by atoms with Crippen LogP contribution in [0.15, 0.2) is 12.1 Å². The highest BCUT2D eigenvalue weighted by molar-refractivity contribution is 7.11. The lowest BCUT2D eigenvalue weighted by Crippen LogP contribution is -2.46. The van der Waals surface area contributed by atoms with Crippen molar-refractivity contribution in [2.24, 2.45) is 11.7 Å². The van der Waals surface area contributed by atoms with Gasteiger partial charge in [-0.25, -0.2) is 0 Å². The Balaban J connectivity index is 0.00000200. The largest absolute Gasteiger partial charge is 0.381 e. The van der Waals surface area contributed by atoms with Crippen LogP contribution in [0.2, 0.25) is 0 Å². The number of carbonyl (C=O) groups excluding carboxylic acids is 1. The van der Waals surface area contributed by atoms with Crippen molar-refractivity contribution in [2.45, 2.75) is 38.8 Å². The van der Waals surface area contributed by atoms with Gasteiger partial charge in [-0.1, -0.05) is 6.92 Å². The van der Waals surface area contributed by atoms with E-state index in [-0.39, 0.29) is 24.2 Å². The number of thiophene rings is 1. The summed E-state index contributed by atoms with van der Waals surface area (Å²) in [5, 5.41) is 2.94. The normalized spacial score (nSPS) is 17.3. The number of carbonyl (C=O) groups is 1. The fourth-order valence-electron chi connectivity index (χ4n) is 2.29. The summed E-state index contributed by atoms with van der Waals surface area (Å²) in [6, 6.07) is 3.78. The van der Waals surface area contributed by atoms with Crippen molar-refractivity contribution >= 4 is 29.7 Å². The molecule has 2 rings (SSSR count). The van der Waals surface area contributed by atoms with Gasteiger partial charge < -0.3 is 15.8 Å². The summed E-state index contributed by atoms with van der Waals surface area (Å²) in [6.07, 6.45) is 2.81. The summed E-state index contributed by atoms with van der Waals surface area (Å²) >= 11 is 1.75. The minimum Gasteiger partial charge on any atom is -0.381 e. The van der Waals surface area contributed by atoms with Gasteiger partial charge in [-0.2, -0.15) is 0 Å². The van der Waals surface area contributed by atoms with Crippen LogP contribution in [-0.2, 0) is 22.5 Å². The van der Waals surface area contributed by atoms with E-state index in [1.807, 2.05) is 0 Å². The van der Waals surface area contributed by atoms with Crippen molar-refractivity contribution in [1.29, 1.82) is 0 Å². The molecule has 1 saturated heterocycles. The van der Waals surface area contributed by atoms with Gasteiger partial charge in [0.1, 0.15) is 0 Å². The molecule has 1 aliphatic heterocycles. The molecule has 0 aliphatic carbocycles. The number of hydrogen-bond acceptors (Lipinski definition) is 4. The molecule has 1 aromatic heterocycles. The summed E-state index contributed by atoms with van der Waals surface area (Å²) in [4.78, 5) is 14.5. The maximum absolute atomic E-state index is 12.0. The van der Waals surface area contributed by atoms with E-state index in [0.717, 1.165) is 32.5 Å². The average molecular weight is 319 g/mol. The lowest BCUT2D eigenvalue weighted by Gasteiger charge is -2.26. The topological polar surface area (TPSA) is 64.4 Å². The number of hydrogen-bond donors (Lipinski definition) is 2. The van der Waals surface area contributed by atoms with E-state index >= 15 is 0 Å². The highest BCUT2D eigenvalue weighted by Crippen LogP contribution is 2.19. The third-order valence-corrected chi connectivity index (χ3v) is 4.81. The summed E-state index contributed by atoms with van der Waals surface area (Å²) < 4.78 is 5.29. The van der Waals surface area contributed by atoms with Gasteiger partial charge in [0.05, 0.1) is 12.6 Å². The zero-order chi connectivity index (χ0) is 13.7. The molecule has 1 amide bonds. The Kier molecular flexibility index (Phi) is 7.51. The van der Waals surface area contributed by atoms with Gasteiger partial charge in [0.25, 0.3) is 0 Å². The Morgan fingerprint density at radius 1 is 1.45 bits per heavy atom. The van der Waals surface area contributed by atoms with Gasteiger partial charge in [0.15, 0.2) is 0 Å². The third kappa shape index (κ3) is 4.74. The van der Waals surface area contributed by atoms with Crippen molar-refractivity contribution in [3.8, 4) is 0 Å². The molecule has 0 saturated carbocycles. The average Bonchev–Trinajstić information content (AvgIpc) is 2.93. The van der Waals surface area contributed by atoms with Gasteiger partial charge in [0, 0.05) is 23.0 Å². The maximum atomic E-state index is 12.0. The van der Waals surface area contributed by atoms with Crippen LogP contribution < -0.4 is 11.1 Å². The van der Waals surface area contributed by atoms with Crippen LogP contribution in [0.3, 0.4) is 0 Å². The van der Waals surface area contributed by atoms with Gasteiger partial charge >= 0.3 is 0 Å². The Labute approximate surface area is 130 Å². The first-order chi connectivity index (χ1) is 9.20. The first-order valence-corrected chi connectivity index (χ1v) is 7.71. The number of amides is 1. The van der Waals surface area contributed by atoms with E-state index in [1.165, 1.54) is 9.75 Å². The van der Waals surface area contributed by atoms with Crippen molar-refractivity contribution in [1.82, 2.24) is 5.32 Å². The molecule has 0 bridgehead atoms. The molecule has 1 unspecified atom stereocenters. The molecule has 1 fully saturated rings. The smallest absolute Gasteiger partial charge is 0.237 e. The van der Waals surface area contributed by atoms with E-state index in [4.69, 9.17) is 10.5 Å². The van der Waals surface area contributed by atoms with Crippen molar-refractivity contribution in [3.05, 3.63) is 21.9 Å². The Hall–Kier alpha value is -0.620. The minimum absolute atomic E-state index is 0. The SMILES string of the molecule is CCc1ccc(CNC(=O)C(N)C2CCOCC2)s1.Cl. The number of halogens is 1. The molecule has 1 aliphatic rings. The van der Waals surface area contributed by atoms with Crippen LogP contribution in [0, 0.1) is 5.92 Å². The minimum atomic E-state index is -0.408. The molecule has 0 radical (unpaired) electrons. The van der Waals surface area contributed by atoms with Gasteiger partial charge in [0.2, 0.25) is 5.91 Å². The zero-order valence-corrected chi connectivity index (χ0v) is 13.4. The molecule has 3 N–H and O–H groups in total. The molecule has 6 heteroatoms. The quantitative estimate of drug-likeness (QED) is 0.874. The van der Waals surface area contributed by atoms with Crippen molar-refractivity contribution in [2.75, 3.05) is 13.2 Å². The lowest BCUT2D eigenvalue weighted by molar-refractivity contribution is -0.124. The lowest BCUT2D eigenvalue weighted by atomic mass is 9.92. The van der Waals surface area contributed by atoms with Gasteiger partial charge in [-0.05, 0) is 37.3 Å². The molecule has 20 heavy (non-hydrogen) atoms. The first-order valence-electron chi connectivity index (χ1n) is 6.89. The highest BCUT2D eigenvalue weighted by atomic mass is 35.5. The van der Waals surface area contributed by atoms with Crippen LogP contribution in [0.25, 0.3) is 0 Å². The molecule has 2 heterocycles. The zero-order valence-electron chi connectivity index (χ0n) is 11.8. The molecular weight excluding hydrogens is 296 g/mol. The maximum Gasteiger partial charge on any atom is 0.237 e. The summed E-state index contributed by atoms with van der Waals surface area (Å²) in [5.41, 5.74) is 6.02. The summed E-state index contributed by atoms with van der Waals surface area (Å²) in [6.45, 7) is 4.16. The molecule has 1 aromatic rings. The first kappa shape index (κ1) is 17.4. The molecular formula is C14H23ClN2O2S. The van der Waals surface area contributed by atoms with Crippen molar-refractivity contribution < 1.29 is 9.53 Å². The third-order valence-electron chi connectivity index (χ3n) is 3.58. The van der Waals surface area contributed by atoms with Crippen LogP contribution in [-0.4, -0.2) is 25.2 Å². The van der Waals surface area contributed by atoms with E-state index in [9.17, 15) is 4.79 Å². The van der Waals surface area contributed by atoms with Crippen LogP contribution >= 0.6 is 23.7 Å². The van der Waals surface area contributed by atoms with Gasteiger partial charge in [-0.3, -0.25) is 4.79 Å². The van der Waals surface area contributed by atoms with E-state index in [0.29, 0.717) is 6.54 Å². The summed E-state index contributed by atoms with van der Waals surface area (Å²) in [7, 11) is 0. The van der Waals surface area contributed by atoms with E-state index < -0.39 is 6.04 Å². The Morgan fingerprint density at radius 3 is 2.70 bits per heavy atom. The van der Waals surface area contributed by atoms with Crippen LogP contribution in [0.4, 0.5) is 0 Å². The second kappa shape index (κ2) is 8.62. The second-order valence-electron chi connectivity index (χ2n) is 4.91. The Morgan fingerprint density at radius 2 is 2.10 bits per heavy atom. The predicted molar refractivity (Wildman–Crippen MR) is 84.3 cm³/mol. The fraction of sp³-hybridized carbons (Fsp3) is 0.643. The Bertz CT molecular complexity index is 419. The highest BCUT2D eigenvalue weighted by Gasteiger charge is 2.26. The van der Waals surface area contributed by atoms with Crippen molar-refractivity contribution in [3.63, 3.8) is 0 Å². The summed E-state index contributed by atoms with van der Waals surface area (Å²) in [5.74, 6) is 0.210. The number of rotatable bonds is 5. The standard InChI is InChI=1S/C14H22N2O2S.ClH/c1-2-11-3-4-12(19-11)9-16-14(17)13(15)10-5-7-18-8-6-10;/h3-4,10,13H,2,5-9,15H2,1H3,(H,16,17);1H. The molecule has 4 nitrogen and oxygen atoms in total. The van der Waals surface area contributed by atoms with E-state index in [1.54, 1.807) is 11.3 Å². The monoisotopic (exact) mass is 318 g/mol. The van der Waals surface area contributed by atoms with E-state index in [2.05, 4.69) is 24.4 Å². The molecule has 0 aromatic carbocycles. The molecule has 1 atom stereocenters. The molecule has 114 valence electrons.